The van der Waals surface area contributed by atoms with Gasteiger partial charge in [-0.05, 0) is 35.9 Å². The van der Waals surface area contributed by atoms with Crippen molar-refractivity contribution in [1.29, 1.82) is 0 Å². The molecule has 0 saturated carbocycles. The first-order chi connectivity index (χ1) is 12.1. The lowest BCUT2D eigenvalue weighted by molar-refractivity contribution is -0.384. The molecular formula is C17H12ClN3O4. The SMILES string of the molecule is COc1cccc(-c2noc(/C(Cl)=C/c3ccc([N+](=O)[O-])cc3)n2)c1. The fourth-order valence-electron chi connectivity index (χ4n) is 2.10. The summed E-state index contributed by atoms with van der Waals surface area (Å²) in [6.45, 7) is 0. The Hall–Kier alpha value is -3.19. The van der Waals surface area contributed by atoms with Crippen LogP contribution >= 0.6 is 11.6 Å². The lowest BCUT2D eigenvalue weighted by atomic mass is 10.2. The number of hydrogen-bond donors (Lipinski definition) is 0. The van der Waals surface area contributed by atoms with Gasteiger partial charge in [0.15, 0.2) is 0 Å². The largest absolute Gasteiger partial charge is 0.497 e. The van der Waals surface area contributed by atoms with Crippen molar-refractivity contribution >= 4 is 28.4 Å². The number of benzene rings is 2. The highest BCUT2D eigenvalue weighted by molar-refractivity contribution is 6.50. The predicted molar refractivity (Wildman–Crippen MR) is 93.1 cm³/mol. The summed E-state index contributed by atoms with van der Waals surface area (Å²) in [5.41, 5.74) is 1.41. The van der Waals surface area contributed by atoms with Crippen LogP contribution in [0.5, 0.6) is 5.75 Å². The molecule has 0 atom stereocenters. The van der Waals surface area contributed by atoms with Gasteiger partial charge < -0.3 is 9.26 Å². The first-order valence-electron chi connectivity index (χ1n) is 7.17. The van der Waals surface area contributed by atoms with Gasteiger partial charge in [0.2, 0.25) is 5.82 Å². The standard InChI is InChI=1S/C17H12ClN3O4/c1-24-14-4-2-3-12(10-14)16-19-17(25-20-16)15(18)9-11-5-7-13(8-6-11)21(22)23/h2-10H,1H3/b15-9-. The summed E-state index contributed by atoms with van der Waals surface area (Å²) in [5, 5.41) is 14.8. The van der Waals surface area contributed by atoms with Gasteiger partial charge in [-0.15, -0.1) is 0 Å². The van der Waals surface area contributed by atoms with Gasteiger partial charge in [-0.25, -0.2) is 0 Å². The third-order valence-corrected chi connectivity index (χ3v) is 3.63. The van der Waals surface area contributed by atoms with Crippen molar-refractivity contribution in [3.05, 3.63) is 70.1 Å². The number of nitrogens with zero attached hydrogens (tertiary/aromatic N) is 3. The highest BCUT2D eigenvalue weighted by Crippen LogP contribution is 2.26. The molecule has 25 heavy (non-hydrogen) atoms. The van der Waals surface area contributed by atoms with E-state index in [0.717, 1.165) is 5.56 Å². The zero-order valence-electron chi connectivity index (χ0n) is 13.0. The molecule has 0 unspecified atom stereocenters. The number of non-ortho nitro benzene ring substituents is 1. The Morgan fingerprint density at radius 2 is 2.04 bits per heavy atom. The molecule has 0 bridgehead atoms. The van der Waals surface area contributed by atoms with Crippen molar-refractivity contribution < 1.29 is 14.2 Å². The number of ether oxygens (including phenoxy) is 1. The Balaban J connectivity index is 1.84. The number of halogens is 1. The normalized spacial score (nSPS) is 11.4. The molecule has 0 aliphatic heterocycles. The molecule has 0 spiro atoms. The minimum absolute atomic E-state index is 0.00590. The Labute approximate surface area is 147 Å². The molecule has 8 heteroatoms. The fraction of sp³-hybridized carbons (Fsp3) is 0.0588. The number of methoxy groups -OCH3 is 1. The topological polar surface area (TPSA) is 91.3 Å². The van der Waals surface area contributed by atoms with Gasteiger partial charge in [-0.1, -0.05) is 28.9 Å². The lowest BCUT2D eigenvalue weighted by Crippen LogP contribution is -1.87. The predicted octanol–water partition coefficient (Wildman–Crippen LogP) is 4.39. The monoisotopic (exact) mass is 357 g/mol. The average Bonchev–Trinajstić information content (AvgIpc) is 3.12. The number of nitro benzene ring substituents is 1. The van der Waals surface area contributed by atoms with E-state index in [1.807, 2.05) is 18.2 Å². The van der Waals surface area contributed by atoms with Gasteiger partial charge in [-0.2, -0.15) is 4.98 Å². The lowest BCUT2D eigenvalue weighted by Gasteiger charge is -1.99. The van der Waals surface area contributed by atoms with E-state index in [4.69, 9.17) is 20.9 Å². The maximum absolute atomic E-state index is 10.7. The summed E-state index contributed by atoms with van der Waals surface area (Å²) in [5.74, 6) is 1.21. The van der Waals surface area contributed by atoms with Crippen LogP contribution in [0.2, 0.25) is 0 Å². The zero-order chi connectivity index (χ0) is 17.8. The van der Waals surface area contributed by atoms with Crippen molar-refractivity contribution in [3.63, 3.8) is 0 Å². The molecule has 0 fully saturated rings. The van der Waals surface area contributed by atoms with Crippen LogP contribution in [0.25, 0.3) is 22.5 Å². The summed E-state index contributed by atoms with van der Waals surface area (Å²) >= 11 is 6.21. The molecule has 0 saturated heterocycles. The van der Waals surface area contributed by atoms with Gasteiger partial charge in [0.05, 0.1) is 12.0 Å². The van der Waals surface area contributed by atoms with Gasteiger partial charge in [0.25, 0.3) is 11.6 Å². The van der Waals surface area contributed by atoms with E-state index in [2.05, 4.69) is 10.1 Å². The molecule has 126 valence electrons. The van der Waals surface area contributed by atoms with Crippen molar-refractivity contribution in [3.8, 4) is 17.1 Å². The molecule has 3 rings (SSSR count). The summed E-state index contributed by atoms with van der Waals surface area (Å²) in [4.78, 5) is 14.5. The second-order valence-electron chi connectivity index (χ2n) is 5.00. The molecule has 2 aromatic carbocycles. The van der Waals surface area contributed by atoms with Crippen LogP contribution < -0.4 is 4.74 Å². The minimum atomic E-state index is -0.465. The van der Waals surface area contributed by atoms with Gasteiger partial charge in [0, 0.05) is 17.7 Å². The Bertz CT molecular complexity index is 935. The van der Waals surface area contributed by atoms with Gasteiger partial charge >= 0.3 is 0 Å². The molecule has 1 aromatic heterocycles. The molecule has 1 heterocycles. The van der Waals surface area contributed by atoms with Crippen LogP contribution in [0.3, 0.4) is 0 Å². The quantitative estimate of drug-likeness (QED) is 0.496. The average molecular weight is 358 g/mol. The highest BCUT2D eigenvalue weighted by atomic mass is 35.5. The van der Waals surface area contributed by atoms with Crippen molar-refractivity contribution in [2.24, 2.45) is 0 Å². The van der Waals surface area contributed by atoms with Gasteiger partial charge in [-0.3, -0.25) is 10.1 Å². The second kappa shape index (κ2) is 7.14. The maximum atomic E-state index is 10.7. The van der Waals surface area contributed by atoms with E-state index < -0.39 is 4.92 Å². The molecule has 3 aromatic rings. The second-order valence-corrected chi connectivity index (χ2v) is 5.40. The molecule has 0 N–H and O–H groups in total. The molecule has 7 nitrogen and oxygen atoms in total. The fourth-order valence-corrected chi connectivity index (χ4v) is 2.30. The molecule has 0 radical (unpaired) electrons. The summed E-state index contributed by atoms with van der Waals surface area (Å²) in [6.07, 6.45) is 1.59. The molecule has 0 aliphatic carbocycles. The number of nitro groups is 1. The van der Waals surface area contributed by atoms with Gasteiger partial charge in [0.1, 0.15) is 10.8 Å². The molecular weight excluding hydrogens is 346 g/mol. The van der Waals surface area contributed by atoms with Crippen molar-refractivity contribution in [1.82, 2.24) is 10.1 Å². The maximum Gasteiger partial charge on any atom is 0.269 e. The van der Waals surface area contributed by atoms with E-state index in [0.29, 0.717) is 17.1 Å². The molecule has 0 amide bonds. The van der Waals surface area contributed by atoms with Crippen LogP contribution in [0.1, 0.15) is 11.5 Å². The van der Waals surface area contributed by atoms with Crippen LogP contribution in [-0.2, 0) is 0 Å². The van der Waals surface area contributed by atoms with E-state index in [-0.39, 0.29) is 16.6 Å². The summed E-state index contributed by atoms with van der Waals surface area (Å²) in [6, 6.07) is 13.2. The Kier molecular flexibility index (Phi) is 4.76. The van der Waals surface area contributed by atoms with E-state index in [1.165, 1.54) is 12.1 Å². The first-order valence-corrected chi connectivity index (χ1v) is 7.55. The minimum Gasteiger partial charge on any atom is -0.497 e. The van der Waals surface area contributed by atoms with Crippen LogP contribution in [-0.4, -0.2) is 22.2 Å². The Morgan fingerprint density at radius 1 is 1.28 bits per heavy atom. The van der Waals surface area contributed by atoms with E-state index in [9.17, 15) is 10.1 Å². The third kappa shape index (κ3) is 3.84. The number of hydrogen-bond acceptors (Lipinski definition) is 6. The molecule has 0 aliphatic rings. The third-order valence-electron chi connectivity index (χ3n) is 3.36. The summed E-state index contributed by atoms with van der Waals surface area (Å²) < 4.78 is 10.3. The smallest absolute Gasteiger partial charge is 0.269 e. The van der Waals surface area contributed by atoms with Crippen LogP contribution in [0, 0.1) is 10.1 Å². The first kappa shape index (κ1) is 16.7. The van der Waals surface area contributed by atoms with Crippen LogP contribution in [0.15, 0.2) is 53.1 Å². The van der Waals surface area contributed by atoms with Crippen molar-refractivity contribution in [2.75, 3.05) is 7.11 Å². The van der Waals surface area contributed by atoms with E-state index >= 15 is 0 Å². The van der Waals surface area contributed by atoms with Crippen LogP contribution in [0.4, 0.5) is 5.69 Å². The number of rotatable bonds is 5. The summed E-state index contributed by atoms with van der Waals surface area (Å²) in [7, 11) is 1.57. The zero-order valence-corrected chi connectivity index (χ0v) is 13.8. The van der Waals surface area contributed by atoms with Crippen molar-refractivity contribution in [2.45, 2.75) is 0 Å². The highest BCUT2D eigenvalue weighted by Gasteiger charge is 2.12. The Morgan fingerprint density at radius 3 is 2.72 bits per heavy atom. The number of aromatic nitrogens is 2. The van der Waals surface area contributed by atoms with E-state index in [1.54, 1.807) is 31.4 Å².